The Morgan fingerprint density at radius 3 is 2.59 bits per heavy atom. The van der Waals surface area contributed by atoms with E-state index in [1.54, 1.807) is 53.3 Å². The minimum Gasteiger partial charge on any atom is -0.461 e. The number of hydrogen-bond donors (Lipinski definition) is 2. The Morgan fingerprint density at radius 2 is 1.85 bits per heavy atom. The zero-order valence-electron chi connectivity index (χ0n) is 17.9. The monoisotopic (exact) mass is 477 g/mol. The number of para-hydroxylation sites is 1. The van der Waals surface area contributed by atoms with Crippen LogP contribution in [-0.2, 0) is 11.3 Å². The number of amides is 2. The molecule has 2 aromatic carbocycles. The molecule has 4 rings (SSSR count). The molecule has 2 heterocycles. The highest BCUT2D eigenvalue weighted by Gasteiger charge is 2.18. The van der Waals surface area contributed by atoms with Gasteiger partial charge in [-0.25, -0.2) is 4.39 Å². The Balaban J connectivity index is 1.43. The van der Waals surface area contributed by atoms with Crippen molar-refractivity contribution in [2.45, 2.75) is 11.7 Å². The van der Waals surface area contributed by atoms with Gasteiger partial charge >= 0.3 is 0 Å². The predicted molar refractivity (Wildman–Crippen MR) is 128 cm³/mol. The number of aromatic nitrogens is 3. The van der Waals surface area contributed by atoms with E-state index in [4.69, 9.17) is 4.42 Å². The van der Waals surface area contributed by atoms with Crippen molar-refractivity contribution >= 4 is 35.0 Å². The van der Waals surface area contributed by atoms with E-state index in [0.717, 1.165) is 0 Å². The minimum atomic E-state index is -0.427. The molecule has 0 saturated heterocycles. The molecule has 0 radical (unpaired) electrons. The second-order valence-corrected chi connectivity index (χ2v) is 7.97. The van der Waals surface area contributed by atoms with Gasteiger partial charge in [-0.1, -0.05) is 30.0 Å². The Labute approximate surface area is 198 Å². The molecule has 0 atom stereocenters. The van der Waals surface area contributed by atoms with Crippen LogP contribution >= 0.6 is 11.8 Å². The van der Waals surface area contributed by atoms with Crippen LogP contribution in [0.3, 0.4) is 0 Å². The second kappa shape index (κ2) is 10.6. The van der Waals surface area contributed by atoms with E-state index < -0.39 is 11.7 Å². The van der Waals surface area contributed by atoms with Crippen LogP contribution < -0.4 is 10.6 Å². The van der Waals surface area contributed by atoms with Gasteiger partial charge in [-0.05, 0) is 48.5 Å². The predicted octanol–water partition coefficient (Wildman–Crippen LogP) is 4.85. The number of anilines is 2. The topological polar surface area (TPSA) is 102 Å². The lowest BCUT2D eigenvalue weighted by Gasteiger charge is -2.12. The minimum absolute atomic E-state index is 0.0430. The maximum atomic E-state index is 13.1. The summed E-state index contributed by atoms with van der Waals surface area (Å²) in [6.45, 7) is 4.20. The van der Waals surface area contributed by atoms with E-state index in [1.165, 1.54) is 36.0 Å². The highest BCUT2D eigenvalue weighted by Crippen LogP contribution is 2.25. The summed E-state index contributed by atoms with van der Waals surface area (Å²) in [5.74, 6) is -0.00381. The highest BCUT2D eigenvalue weighted by molar-refractivity contribution is 7.99. The van der Waals surface area contributed by atoms with Gasteiger partial charge in [0.2, 0.25) is 11.7 Å². The van der Waals surface area contributed by atoms with E-state index in [9.17, 15) is 14.0 Å². The number of nitrogens with one attached hydrogen (secondary N) is 2. The van der Waals surface area contributed by atoms with E-state index in [2.05, 4.69) is 27.4 Å². The first-order valence-corrected chi connectivity index (χ1v) is 11.2. The van der Waals surface area contributed by atoms with Crippen molar-refractivity contribution in [3.8, 4) is 11.6 Å². The number of allylic oxidation sites excluding steroid dienone is 1. The standard InChI is InChI=1S/C24H20FN5O3S/c1-2-13-30-22(20-8-5-14-33-20)28-29-24(30)34-15-21(31)27-19-7-4-3-6-18(19)23(32)26-17-11-9-16(25)10-12-17/h2-12,14H,1,13,15H2,(H,26,32)(H,27,31). The third-order valence-electron chi connectivity index (χ3n) is 4.65. The third-order valence-corrected chi connectivity index (χ3v) is 5.62. The summed E-state index contributed by atoms with van der Waals surface area (Å²) in [7, 11) is 0. The van der Waals surface area contributed by atoms with Gasteiger partial charge in [-0.2, -0.15) is 0 Å². The molecule has 4 aromatic rings. The average Bonchev–Trinajstić information content (AvgIpc) is 3.50. The van der Waals surface area contributed by atoms with Crippen LogP contribution in [0, 0.1) is 5.82 Å². The third kappa shape index (κ3) is 5.41. The van der Waals surface area contributed by atoms with E-state index in [-0.39, 0.29) is 17.2 Å². The van der Waals surface area contributed by atoms with Gasteiger partial charge in [-0.3, -0.25) is 14.2 Å². The summed E-state index contributed by atoms with van der Waals surface area (Å²) in [6, 6.07) is 15.6. The van der Waals surface area contributed by atoms with Gasteiger partial charge in [0.1, 0.15) is 5.82 Å². The second-order valence-electron chi connectivity index (χ2n) is 7.03. The summed E-state index contributed by atoms with van der Waals surface area (Å²) in [5, 5.41) is 14.3. The fourth-order valence-electron chi connectivity index (χ4n) is 3.12. The van der Waals surface area contributed by atoms with Crippen LogP contribution in [0.25, 0.3) is 11.6 Å². The van der Waals surface area contributed by atoms with Crippen molar-refractivity contribution in [2.75, 3.05) is 16.4 Å². The van der Waals surface area contributed by atoms with Crippen LogP contribution in [0.5, 0.6) is 0 Å². The fourth-order valence-corrected chi connectivity index (χ4v) is 3.86. The summed E-state index contributed by atoms with van der Waals surface area (Å²) >= 11 is 1.20. The van der Waals surface area contributed by atoms with Crippen molar-refractivity contribution in [3.05, 3.63) is 91.0 Å². The molecule has 0 aliphatic carbocycles. The Morgan fingerprint density at radius 1 is 1.06 bits per heavy atom. The largest absolute Gasteiger partial charge is 0.461 e. The number of hydrogen-bond acceptors (Lipinski definition) is 6. The SMILES string of the molecule is C=CCn1c(SCC(=O)Nc2ccccc2C(=O)Nc2ccc(F)cc2)nnc1-c1ccco1. The quantitative estimate of drug-likeness (QED) is 0.264. The normalized spacial score (nSPS) is 10.6. The highest BCUT2D eigenvalue weighted by atomic mass is 32.2. The molecule has 0 fully saturated rings. The molecule has 0 bridgehead atoms. The Kier molecular flexibility index (Phi) is 7.19. The van der Waals surface area contributed by atoms with Crippen LogP contribution in [0.15, 0.2) is 89.2 Å². The molecule has 2 amide bonds. The number of rotatable bonds is 9. The molecule has 0 saturated carbocycles. The first-order chi connectivity index (χ1) is 16.5. The van der Waals surface area contributed by atoms with Gasteiger partial charge < -0.3 is 15.1 Å². The van der Waals surface area contributed by atoms with Gasteiger partial charge in [0.05, 0.1) is 23.3 Å². The molecule has 0 aliphatic heterocycles. The van der Waals surface area contributed by atoms with Crippen LogP contribution in [0.2, 0.25) is 0 Å². The molecule has 0 spiro atoms. The number of nitrogens with zero attached hydrogens (tertiary/aromatic N) is 3. The maximum Gasteiger partial charge on any atom is 0.257 e. The summed E-state index contributed by atoms with van der Waals surface area (Å²) < 4.78 is 20.3. The number of halogens is 1. The lowest BCUT2D eigenvalue weighted by Crippen LogP contribution is -2.19. The van der Waals surface area contributed by atoms with Gasteiger partial charge in [0.25, 0.3) is 5.91 Å². The lowest BCUT2D eigenvalue weighted by atomic mass is 10.1. The molecule has 2 aromatic heterocycles. The van der Waals surface area contributed by atoms with Crippen molar-refractivity contribution in [1.29, 1.82) is 0 Å². The molecular weight excluding hydrogens is 457 g/mol. The molecule has 2 N–H and O–H groups in total. The fraction of sp³-hybridized carbons (Fsp3) is 0.0833. The van der Waals surface area contributed by atoms with E-state index in [1.807, 2.05) is 0 Å². The summed E-state index contributed by atoms with van der Waals surface area (Å²) in [6.07, 6.45) is 3.25. The van der Waals surface area contributed by atoms with E-state index >= 15 is 0 Å². The van der Waals surface area contributed by atoms with Crippen molar-refractivity contribution < 1.29 is 18.4 Å². The summed E-state index contributed by atoms with van der Waals surface area (Å²) in [4.78, 5) is 25.4. The van der Waals surface area contributed by atoms with E-state index in [0.29, 0.717) is 34.7 Å². The van der Waals surface area contributed by atoms with Crippen LogP contribution in [0.4, 0.5) is 15.8 Å². The number of carbonyl (C=O) groups excluding carboxylic acids is 2. The number of benzene rings is 2. The molecule has 8 nitrogen and oxygen atoms in total. The molecule has 34 heavy (non-hydrogen) atoms. The smallest absolute Gasteiger partial charge is 0.257 e. The van der Waals surface area contributed by atoms with Gasteiger partial charge in [-0.15, -0.1) is 16.8 Å². The average molecular weight is 478 g/mol. The lowest BCUT2D eigenvalue weighted by molar-refractivity contribution is -0.113. The molecule has 172 valence electrons. The zero-order valence-corrected chi connectivity index (χ0v) is 18.7. The number of thioether (sulfide) groups is 1. The Bertz CT molecular complexity index is 1300. The number of furan rings is 1. The molecule has 0 unspecified atom stereocenters. The summed E-state index contributed by atoms with van der Waals surface area (Å²) in [5.41, 5.74) is 1.08. The number of carbonyl (C=O) groups is 2. The first kappa shape index (κ1) is 23.0. The Hall–Kier alpha value is -4.18. The molecular formula is C24H20FN5O3S. The van der Waals surface area contributed by atoms with Crippen molar-refractivity contribution in [3.63, 3.8) is 0 Å². The van der Waals surface area contributed by atoms with Gasteiger partial charge in [0.15, 0.2) is 10.9 Å². The first-order valence-electron chi connectivity index (χ1n) is 10.2. The van der Waals surface area contributed by atoms with Crippen LogP contribution in [-0.4, -0.2) is 32.3 Å². The molecule has 10 heteroatoms. The van der Waals surface area contributed by atoms with Crippen LogP contribution in [0.1, 0.15) is 10.4 Å². The maximum absolute atomic E-state index is 13.1. The van der Waals surface area contributed by atoms with Crippen molar-refractivity contribution in [1.82, 2.24) is 14.8 Å². The van der Waals surface area contributed by atoms with Gasteiger partial charge in [0, 0.05) is 12.2 Å². The molecule has 0 aliphatic rings. The zero-order chi connectivity index (χ0) is 23.9. The van der Waals surface area contributed by atoms with Crippen molar-refractivity contribution in [2.24, 2.45) is 0 Å².